The van der Waals surface area contributed by atoms with Gasteiger partial charge in [-0.2, -0.15) is 0 Å². The summed E-state index contributed by atoms with van der Waals surface area (Å²) < 4.78 is 23.2. The van der Waals surface area contributed by atoms with E-state index in [0.717, 1.165) is 19.3 Å². The first-order valence-corrected chi connectivity index (χ1v) is 7.26. The summed E-state index contributed by atoms with van der Waals surface area (Å²) in [4.78, 5) is 0. The molecule has 0 aromatic heterocycles. The van der Waals surface area contributed by atoms with E-state index in [1.54, 1.807) is 0 Å². The lowest BCUT2D eigenvalue weighted by Crippen LogP contribution is -2.36. The fourth-order valence-electron chi connectivity index (χ4n) is 2.68. The Kier molecular flexibility index (Phi) is 2.75. The van der Waals surface area contributed by atoms with Crippen molar-refractivity contribution in [1.82, 2.24) is 0 Å². The fourth-order valence-corrected chi connectivity index (χ4v) is 5.20. The van der Waals surface area contributed by atoms with E-state index in [-0.39, 0.29) is 5.41 Å². The number of hydrogen-bond acceptors (Lipinski definition) is 4. The molecule has 2 rings (SSSR count). The van der Waals surface area contributed by atoms with Gasteiger partial charge in [-0.15, -0.1) is 0 Å². The summed E-state index contributed by atoms with van der Waals surface area (Å²) in [5, 5.41) is -0.690. The van der Waals surface area contributed by atoms with Gasteiger partial charge in [-0.25, -0.2) is 0 Å². The summed E-state index contributed by atoms with van der Waals surface area (Å²) in [5.74, 6) is 0. The van der Waals surface area contributed by atoms with Crippen molar-refractivity contribution in [2.75, 3.05) is 13.2 Å². The summed E-state index contributed by atoms with van der Waals surface area (Å²) >= 11 is 0. The molecular weight excluding hydrogens is 213 g/mol. The van der Waals surface area contributed by atoms with Gasteiger partial charge in [0.15, 0.2) is 0 Å². The van der Waals surface area contributed by atoms with Gasteiger partial charge in [-0.1, -0.05) is 6.42 Å². The van der Waals surface area contributed by atoms with E-state index in [1.165, 1.54) is 6.42 Å². The highest BCUT2D eigenvalue weighted by molar-refractivity contribution is 7.56. The molecule has 2 N–H and O–H groups in total. The second-order valence-corrected chi connectivity index (χ2v) is 6.88. The Morgan fingerprint density at radius 2 is 1.80 bits per heavy atom. The smallest absolute Gasteiger partial charge is 0.315 e. The molecule has 4 nitrogen and oxygen atoms in total. The minimum atomic E-state index is -3.10. The van der Waals surface area contributed by atoms with Crippen molar-refractivity contribution < 1.29 is 13.6 Å². The molecule has 1 atom stereocenters. The lowest BCUT2D eigenvalue weighted by atomic mass is 9.81. The molecule has 2 aliphatic rings. The molecule has 5 heteroatoms. The Balaban J connectivity index is 2.15. The van der Waals surface area contributed by atoms with E-state index in [2.05, 4.69) is 0 Å². The highest BCUT2D eigenvalue weighted by atomic mass is 31.2. The SMILES string of the molecule is CCOP(=O)(OCC)C1(N)CC12CCC2. The Morgan fingerprint density at radius 3 is 2.07 bits per heavy atom. The molecule has 2 fully saturated rings. The van der Waals surface area contributed by atoms with E-state index in [0.29, 0.717) is 13.2 Å². The van der Waals surface area contributed by atoms with Gasteiger partial charge < -0.3 is 14.8 Å². The van der Waals surface area contributed by atoms with Crippen molar-refractivity contribution in [3.63, 3.8) is 0 Å². The maximum atomic E-state index is 12.5. The van der Waals surface area contributed by atoms with Gasteiger partial charge in [0.25, 0.3) is 0 Å². The van der Waals surface area contributed by atoms with Gasteiger partial charge in [0, 0.05) is 5.41 Å². The molecule has 0 saturated heterocycles. The van der Waals surface area contributed by atoms with Gasteiger partial charge in [0.05, 0.1) is 13.2 Å². The van der Waals surface area contributed by atoms with Crippen LogP contribution in [0.5, 0.6) is 0 Å². The lowest BCUT2D eigenvalue weighted by Gasteiger charge is -2.34. The maximum Gasteiger partial charge on any atom is 0.350 e. The number of nitrogens with two attached hydrogens (primary N) is 1. The summed E-state index contributed by atoms with van der Waals surface area (Å²) in [6, 6.07) is 0. The van der Waals surface area contributed by atoms with Crippen LogP contribution in [0.15, 0.2) is 0 Å². The van der Waals surface area contributed by atoms with E-state index < -0.39 is 12.9 Å². The van der Waals surface area contributed by atoms with Crippen LogP contribution < -0.4 is 5.73 Å². The molecule has 2 aliphatic carbocycles. The van der Waals surface area contributed by atoms with Gasteiger partial charge >= 0.3 is 7.60 Å². The van der Waals surface area contributed by atoms with E-state index in [4.69, 9.17) is 14.8 Å². The van der Waals surface area contributed by atoms with Crippen molar-refractivity contribution in [2.24, 2.45) is 11.1 Å². The minimum absolute atomic E-state index is 0.0763. The van der Waals surface area contributed by atoms with Crippen LogP contribution in [-0.4, -0.2) is 18.5 Å². The topological polar surface area (TPSA) is 61.5 Å². The summed E-state index contributed by atoms with van der Waals surface area (Å²) in [7, 11) is -3.10. The normalized spacial score (nSPS) is 32.7. The first-order valence-electron chi connectivity index (χ1n) is 5.72. The van der Waals surface area contributed by atoms with Gasteiger partial charge in [0.1, 0.15) is 5.28 Å². The zero-order chi connectivity index (χ0) is 11.2. The van der Waals surface area contributed by atoms with E-state index >= 15 is 0 Å². The van der Waals surface area contributed by atoms with Crippen LogP contribution in [0, 0.1) is 5.41 Å². The van der Waals surface area contributed by atoms with Crippen molar-refractivity contribution in [3.8, 4) is 0 Å². The molecule has 0 aromatic rings. The molecule has 15 heavy (non-hydrogen) atoms. The summed E-state index contributed by atoms with van der Waals surface area (Å²) in [6.07, 6.45) is 4.15. The predicted octanol–water partition coefficient (Wildman–Crippen LogP) is 2.48. The van der Waals surface area contributed by atoms with Crippen LogP contribution in [0.1, 0.15) is 39.5 Å². The largest absolute Gasteiger partial charge is 0.350 e. The van der Waals surface area contributed by atoms with E-state index in [9.17, 15) is 4.57 Å². The molecule has 0 amide bonds. The molecule has 1 spiro atoms. The predicted molar refractivity (Wildman–Crippen MR) is 58.7 cm³/mol. The monoisotopic (exact) mass is 233 g/mol. The average Bonchev–Trinajstić information content (AvgIpc) is 2.75. The van der Waals surface area contributed by atoms with Crippen LogP contribution in [0.25, 0.3) is 0 Å². The van der Waals surface area contributed by atoms with Crippen LogP contribution in [0.4, 0.5) is 0 Å². The number of hydrogen-bond donors (Lipinski definition) is 1. The molecule has 0 radical (unpaired) electrons. The van der Waals surface area contributed by atoms with Gasteiger partial charge in [0.2, 0.25) is 0 Å². The molecule has 0 bridgehead atoms. The summed E-state index contributed by atoms with van der Waals surface area (Å²) in [5.41, 5.74) is 6.30. The molecule has 2 saturated carbocycles. The van der Waals surface area contributed by atoms with Crippen molar-refractivity contribution in [3.05, 3.63) is 0 Å². The lowest BCUT2D eigenvalue weighted by molar-refractivity contribution is 0.186. The van der Waals surface area contributed by atoms with Crippen molar-refractivity contribution in [2.45, 2.75) is 44.8 Å². The Morgan fingerprint density at radius 1 is 1.27 bits per heavy atom. The molecule has 1 unspecified atom stereocenters. The maximum absolute atomic E-state index is 12.5. The summed E-state index contributed by atoms with van der Waals surface area (Å²) in [6.45, 7) is 4.44. The second-order valence-electron chi connectivity index (χ2n) is 4.57. The molecule has 0 aromatic carbocycles. The third-order valence-electron chi connectivity index (χ3n) is 3.80. The Hall–Kier alpha value is 0.110. The average molecular weight is 233 g/mol. The van der Waals surface area contributed by atoms with Crippen LogP contribution in [0.2, 0.25) is 0 Å². The van der Waals surface area contributed by atoms with Gasteiger partial charge in [-0.3, -0.25) is 4.57 Å². The van der Waals surface area contributed by atoms with E-state index in [1.807, 2.05) is 13.8 Å². The highest BCUT2D eigenvalue weighted by Gasteiger charge is 2.77. The zero-order valence-electron chi connectivity index (χ0n) is 9.49. The van der Waals surface area contributed by atoms with Gasteiger partial charge in [-0.05, 0) is 33.1 Å². The molecule has 0 aliphatic heterocycles. The minimum Gasteiger partial charge on any atom is -0.315 e. The standard InChI is InChI=1S/C10H20NO3P/c1-3-13-15(12,14-4-2)10(11)8-9(10)6-5-7-9/h3-8,11H2,1-2H3. The third kappa shape index (κ3) is 1.42. The van der Waals surface area contributed by atoms with Crippen molar-refractivity contribution in [1.29, 1.82) is 0 Å². The molecule has 0 heterocycles. The Bertz CT molecular complexity index is 293. The fraction of sp³-hybridized carbons (Fsp3) is 1.00. The number of rotatable bonds is 5. The zero-order valence-corrected chi connectivity index (χ0v) is 10.4. The Labute approximate surface area is 91.0 Å². The van der Waals surface area contributed by atoms with Crippen LogP contribution >= 0.6 is 7.60 Å². The molecular formula is C10H20NO3P. The molecule has 88 valence electrons. The first-order chi connectivity index (χ1) is 7.04. The quantitative estimate of drug-likeness (QED) is 0.741. The van der Waals surface area contributed by atoms with Crippen LogP contribution in [-0.2, 0) is 13.6 Å². The third-order valence-corrected chi connectivity index (χ3v) is 6.60. The highest BCUT2D eigenvalue weighted by Crippen LogP contribution is 2.82. The second kappa shape index (κ2) is 3.56. The first kappa shape index (κ1) is 11.6. The van der Waals surface area contributed by atoms with Crippen molar-refractivity contribution >= 4 is 7.60 Å². The van der Waals surface area contributed by atoms with Crippen LogP contribution in [0.3, 0.4) is 0 Å².